The standard InChI is InChI=1S/C18H20ClNO2S/c19-16-6-8-17(9-7-16)22-12-13-23-14-18(21)20-11-10-15-4-2-1-3-5-15/h1-9H,10-14H2,(H,20,21). The minimum atomic E-state index is 0.0671. The first kappa shape index (κ1) is 17.7. The van der Waals surface area contributed by atoms with Gasteiger partial charge in [-0.2, -0.15) is 0 Å². The van der Waals surface area contributed by atoms with E-state index >= 15 is 0 Å². The van der Waals surface area contributed by atoms with Gasteiger partial charge in [-0.3, -0.25) is 4.79 Å². The number of carbonyl (C=O) groups is 1. The summed E-state index contributed by atoms with van der Waals surface area (Å²) in [6.07, 6.45) is 0.858. The molecule has 0 atom stereocenters. The number of hydrogen-bond donors (Lipinski definition) is 1. The van der Waals surface area contributed by atoms with E-state index in [1.165, 1.54) is 5.56 Å². The number of thioether (sulfide) groups is 1. The fraction of sp³-hybridized carbons (Fsp3) is 0.278. The van der Waals surface area contributed by atoms with Gasteiger partial charge in [0.2, 0.25) is 5.91 Å². The van der Waals surface area contributed by atoms with Gasteiger partial charge in [-0.25, -0.2) is 0 Å². The molecule has 0 aliphatic heterocycles. The highest BCUT2D eigenvalue weighted by Crippen LogP contribution is 2.15. The zero-order chi connectivity index (χ0) is 16.3. The van der Waals surface area contributed by atoms with Crippen LogP contribution in [-0.2, 0) is 11.2 Å². The normalized spacial score (nSPS) is 10.3. The summed E-state index contributed by atoms with van der Waals surface area (Å²) in [6.45, 7) is 1.24. The monoisotopic (exact) mass is 349 g/mol. The highest BCUT2D eigenvalue weighted by molar-refractivity contribution is 7.99. The Bertz CT molecular complexity index is 590. The van der Waals surface area contributed by atoms with Gasteiger partial charge in [0.25, 0.3) is 0 Å². The Morgan fingerprint density at radius 3 is 2.57 bits per heavy atom. The van der Waals surface area contributed by atoms with E-state index in [0.29, 0.717) is 23.9 Å². The van der Waals surface area contributed by atoms with E-state index in [-0.39, 0.29) is 5.91 Å². The van der Waals surface area contributed by atoms with E-state index < -0.39 is 0 Å². The van der Waals surface area contributed by atoms with Crippen molar-refractivity contribution in [2.45, 2.75) is 6.42 Å². The summed E-state index contributed by atoms with van der Waals surface area (Å²) in [5.74, 6) is 2.09. The minimum Gasteiger partial charge on any atom is -0.493 e. The second-order valence-corrected chi connectivity index (χ2v) is 6.48. The number of nitrogens with one attached hydrogen (secondary N) is 1. The van der Waals surface area contributed by atoms with Crippen LogP contribution in [0.2, 0.25) is 5.02 Å². The molecule has 0 aliphatic carbocycles. The number of ether oxygens (including phenoxy) is 1. The van der Waals surface area contributed by atoms with Gasteiger partial charge in [-0.1, -0.05) is 41.9 Å². The largest absolute Gasteiger partial charge is 0.493 e. The zero-order valence-corrected chi connectivity index (χ0v) is 14.4. The first-order chi connectivity index (χ1) is 11.2. The topological polar surface area (TPSA) is 38.3 Å². The maximum Gasteiger partial charge on any atom is 0.230 e. The van der Waals surface area contributed by atoms with Crippen LogP contribution >= 0.6 is 23.4 Å². The quantitative estimate of drug-likeness (QED) is 0.699. The Morgan fingerprint density at radius 1 is 1.09 bits per heavy atom. The third-order valence-electron chi connectivity index (χ3n) is 3.12. The van der Waals surface area contributed by atoms with Crippen LogP contribution in [0.4, 0.5) is 0 Å². The lowest BCUT2D eigenvalue weighted by Gasteiger charge is -2.07. The molecule has 0 heterocycles. The van der Waals surface area contributed by atoms with E-state index in [4.69, 9.17) is 16.3 Å². The number of amides is 1. The van der Waals surface area contributed by atoms with E-state index in [2.05, 4.69) is 17.4 Å². The Balaban J connectivity index is 1.50. The lowest BCUT2D eigenvalue weighted by atomic mass is 10.1. The molecule has 0 bridgehead atoms. The average Bonchev–Trinajstić information content (AvgIpc) is 2.57. The summed E-state index contributed by atoms with van der Waals surface area (Å²) in [7, 11) is 0. The minimum absolute atomic E-state index is 0.0671. The molecule has 0 saturated carbocycles. The maximum absolute atomic E-state index is 11.7. The summed E-state index contributed by atoms with van der Waals surface area (Å²) in [4.78, 5) is 11.7. The van der Waals surface area contributed by atoms with E-state index in [1.807, 2.05) is 30.3 Å². The third kappa shape index (κ3) is 7.44. The van der Waals surface area contributed by atoms with Gasteiger partial charge in [0, 0.05) is 17.3 Å². The Kier molecular flexibility index (Phi) is 7.84. The predicted octanol–water partition coefficient (Wildman–Crippen LogP) is 3.81. The number of rotatable bonds is 9. The Morgan fingerprint density at radius 2 is 1.83 bits per heavy atom. The van der Waals surface area contributed by atoms with Crippen molar-refractivity contribution in [3.05, 3.63) is 65.2 Å². The van der Waals surface area contributed by atoms with Gasteiger partial charge in [0.05, 0.1) is 12.4 Å². The molecule has 0 fully saturated rings. The molecule has 0 radical (unpaired) electrons. The van der Waals surface area contributed by atoms with Crippen molar-refractivity contribution in [1.29, 1.82) is 0 Å². The number of hydrogen-bond acceptors (Lipinski definition) is 3. The van der Waals surface area contributed by atoms with Crippen LogP contribution in [0.25, 0.3) is 0 Å². The molecule has 0 aliphatic rings. The molecule has 0 aromatic heterocycles. The molecular weight excluding hydrogens is 330 g/mol. The van der Waals surface area contributed by atoms with Crippen molar-refractivity contribution in [3.8, 4) is 5.75 Å². The molecule has 1 N–H and O–H groups in total. The first-order valence-electron chi connectivity index (χ1n) is 7.51. The van der Waals surface area contributed by atoms with Crippen molar-refractivity contribution >= 4 is 29.3 Å². The third-order valence-corrected chi connectivity index (χ3v) is 4.30. The van der Waals surface area contributed by atoms with Gasteiger partial charge < -0.3 is 10.1 Å². The summed E-state index contributed by atoms with van der Waals surface area (Å²) < 4.78 is 5.57. The van der Waals surface area contributed by atoms with Crippen LogP contribution in [0.1, 0.15) is 5.56 Å². The van der Waals surface area contributed by atoms with Crippen LogP contribution in [0, 0.1) is 0 Å². The van der Waals surface area contributed by atoms with Crippen molar-refractivity contribution in [3.63, 3.8) is 0 Å². The van der Waals surface area contributed by atoms with Gasteiger partial charge in [0.1, 0.15) is 5.75 Å². The first-order valence-corrected chi connectivity index (χ1v) is 9.04. The van der Waals surface area contributed by atoms with Crippen molar-refractivity contribution < 1.29 is 9.53 Å². The molecule has 0 spiro atoms. The molecule has 2 aromatic rings. The second-order valence-electron chi connectivity index (χ2n) is 4.94. The van der Waals surface area contributed by atoms with Gasteiger partial charge in [0.15, 0.2) is 0 Å². The van der Waals surface area contributed by atoms with Crippen molar-refractivity contribution in [1.82, 2.24) is 5.32 Å². The lowest BCUT2D eigenvalue weighted by Crippen LogP contribution is -2.27. The molecule has 2 aromatic carbocycles. The summed E-state index contributed by atoms with van der Waals surface area (Å²) in [5, 5.41) is 3.62. The molecule has 0 unspecified atom stereocenters. The molecular formula is C18H20ClNO2S. The smallest absolute Gasteiger partial charge is 0.230 e. The number of halogens is 1. The molecule has 1 amide bonds. The van der Waals surface area contributed by atoms with Crippen LogP contribution in [0.3, 0.4) is 0 Å². The van der Waals surface area contributed by atoms with Crippen molar-refractivity contribution in [2.24, 2.45) is 0 Å². The second kappa shape index (κ2) is 10.2. The zero-order valence-electron chi connectivity index (χ0n) is 12.8. The fourth-order valence-electron chi connectivity index (χ4n) is 1.96. The predicted molar refractivity (Wildman–Crippen MR) is 97.4 cm³/mol. The molecule has 0 saturated heterocycles. The highest BCUT2D eigenvalue weighted by Gasteiger charge is 2.01. The van der Waals surface area contributed by atoms with Gasteiger partial charge >= 0.3 is 0 Å². The summed E-state index contributed by atoms with van der Waals surface area (Å²) in [6, 6.07) is 17.4. The van der Waals surface area contributed by atoms with E-state index in [1.54, 1.807) is 23.9 Å². The number of benzene rings is 2. The van der Waals surface area contributed by atoms with Crippen LogP contribution in [0.5, 0.6) is 5.75 Å². The highest BCUT2D eigenvalue weighted by atomic mass is 35.5. The lowest BCUT2D eigenvalue weighted by molar-refractivity contribution is -0.118. The van der Waals surface area contributed by atoms with Crippen LogP contribution in [0.15, 0.2) is 54.6 Å². The molecule has 5 heteroatoms. The van der Waals surface area contributed by atoms with Crippen LogP contribution in [-0.4, -0.2) is 30.6 Å². The number of carbonyl (C=O) groups excluding carboxylic acids is 1. The molecule has 2 rings (SSSR count). The molecule has 23 heavy (non-hydrogen) atoms. The Labute approximate surface area is 146 Å². The van der Waals surface area contributed by atoms with Crippen molar-refractivity contribution in [2.75, 3.05) is 24.7 Å². The van der Waals surface area contributed by atoms with E-state index in [9.17, 15) is 4.79 Å². The average molecular weight is 350 g/mol. The molecule has 3 nitrogen and oxygen atoms in total. The van der Waals surface area contributed by atoms with Crippen LogP contribution < -0.4 is 10.1 Å². The fourth-order valence-corrected chi connectivity index (χ4v) is 2.72. The summed E-state index contributed by atoms with van der Waals surface area (Å²) in [5.41, 5.74) is 1.23. The SMILES string of the molecule is O=C(CSCCOc1ccc(Cl)cc1)NCCc1ccccc1. The maximum atomic E-state index is 11.7. The summed E-state index contributed by atoms with van der Waals surface area (Å²) >= 11 is 7.37. The Hall–Kier alpha value is -1.65. The van der Waals surface area contributed by atoms with Gasteiger partial charge in [-0.15, -0.1) is 11.8 Å². The molecule has 122 valence electrons. The van der Waals surface area contributed by atoms with E-state index in [0.717, 1.165) is 17.9 Å². The van der Waals surface area contributed by atoms with Gasteiger partial charge in [-0.05, 0) is 36.2 Å².